The number of hydrogen-bond donors (Lipinski definition) is 2. The number of carbonyl (C=O) groups is 2. The number of thioether (sulfide) groups is 1. The fourth-order valence-corrected chi connectivity index (χ4v) is 3.31. The number of rotatable bonds is 7. The third kappa shape index (κ3) is 5.40. The summed E-state index contributed by atoms with van der Waals surface area (Å²) in [5.74, 6) is -0.300. The van der Waals surface area contributed by atoms with Gasteiger partial charge < -0.3 is 15.7 Å². The Balaban J connectivity index is 2.34. The average Bonchev–Trinajstić information content (AvgIpc) is 2.40. The molecule has 0 aromatic carbocycles. The largest absolute Gasteiger partial charge is 0.480 e. The maximum atomic E-state index is 12.1. The van der Waals surface area contributed by atoms with Crippen molar-refractivity contribution >= 4 is 23.6 Å². The Morgan fingerprint density at radius 2 is 2.00 bits per heavy atom. The summed E-state index contributed by atoms with van der Waals surface area (Å²) in [5, 5.41) is 8.67. The van der Waals surface area contributed by atoms with Gasteiger partial charge in [-0.05, 0) is 19.8 Å². The standard InChI is InChI=1S/C13H24N2O3S/c1-2-15(10-6-4-3-5-7-10)12(16)9-19-8-11(14)13(17)18/h10-11H,2-9,14H2,1H3,(H,17,18)/t11-/m0/s1. The summed E-state index contributed by atoms with van der Waals surface area (Å²) < 4.78 is 0. The van der Waals surface area contributed by atoms with Crippen LogP contribution < -0.4 is 5.73 Å². The molecule has 6 heteroatoms. The van der Waals surface area contributed by atoms with E-state index in [1.54, 1.807) is 0 Å². The Hall–Kier alpha value is -0.750. The molecule has 0 heterocycles. The van der Waals surface area contributed by atoms with E-state index >= 15 is 0 Å². The van der Waals surface area contributed by atoms with Gasteiger partial charge in [-0.2, -0.15) is 0 Å². The maximum Gasteiger partial charge on any atom is 0.321 e. The molecule has 0 aromatic rings. The predicted octanol–water partition coefficient (Wildman–Crippen LogP) is 1.31. The van der Waals surface area contributed by atoms with E-state index in [0.29, 0.717) is 11.8 Å². The predicted molar refractivity (Wildman–Crippen MR) is 77.2 cm³/mol. The maximum absolute atomic E-state index is 12.1. The van der Waals surface area contributed by atoms with Crippen LogP contribution in [0.4, 0.5) is 0 Å². The molecule has 19 heavy (non-hydrogen) atoms. The van der Waals surface area contributed by atoms with Crippen LogP contribution in [0, 0.1) is 0 Å². The zero-order valence-electron chi connectivity index (χ0n) is 11.5. The fraction of sp³-hybridized carbons (Fsp3) is 0.846. The SMILES string of the molecule is CCN(C(=O)CSC[C@H](N)C(=O)O)C1CCCCC1. The first kappa shape index (κ1) is 16.3. The van der Waals surface area contributed by atoms with Crippen LogP contribution in [0.5, 0.6) is 0 Å². The molecule has 5 nitrogen and oxygen atoms in total. The number of aliphatic carboxylic acids is 1. The number of nitrogens with two attached hydrogens (primary N) is 1. The van der Waals surface area contributed by atoms with Gasteiger partial charge in [-0.1, -0.05) is 19.3 Å². The van der Waals surface area contributed by atoms with Gasteiger partial charge in [-0.15, -0.1) is 11.8 Å². The lowest BCUT2D eigenvalue weighted by Gasteiger charge is -2.33. The first-order valence-corrected chi connectivity index (χ1v) is 8.07. The molecule has 0 aromatic heterocycles. The zero-order chi connectivity index (χ0) is 14.3. The second kappa shape index (κ2) is 8.43. The van der Waals surface area contributed by atoms with Crippen molar-refractivity contribution in [1.82, 2.24) is 4.90 Å². The van der Waals surface area contributed by atoms with Gasteiger partial charge in [0.25, 0.3) is 0 Å². The molecular formula is C13H24N2O3S. The quantitative estimate of drug-likeness (QED) is 0.738. The van der Waals surface area contributed by atoms with Crippen LogP contribution in [0.15, 0.2) is 0 Å². The Labute approximate surface area is 118 Å². The van der Waals surface area contributed by atoms with Gasteiger partial charge in [0, 0.05) is 18.3 Å². The van der Waals surface area contributed by atoms with Gasteiger partial charge >= 0.3 is 5.97 Å². The number of carbonyl (C=O) groups excluding carboxylic acids is 1. The minimum atomic E-state index is -1.01. The van der Waals surface area contributed by atoms with Crippen molar-refractivity contribution in [3.05, 3.63) is 0 Å². The lowest BCUT2D eigenvalue weighted by Crippen LogP contribution is -2.42. The number of carboxylic acids is 1. The molecule has 1 rings (SSSR count). The first-order chi connectivity index (χ1) is 9.06. The third-order valence-electron chi connectivity index (χ3n) is 3.52. The van der Waals surface area contributed by atoms with E-state index in [9.17, 15) is 9.59 Å². The molecule has 0 spiro atoms. The summed E-state index contributed by atoms with van der Waals surface area (Å²) in [5.41, 5.74) is 5.41. The van der Waals surface area contributed by atoms with Crippen molar-refractivity contribution in [2.75, 3.05) is 18.1 Å². The summed E-state index contributed by atoms with van der Waals surface area (Å²) in [6.45, 7) is 2.73. The van der Waals surface area contributed by atoms with Gasteiger partial charge in [0.1, 0.15) is 6.04 Å². The van der Waals surface area contributed by atoms with Crippen molar-refractivity contribution < 1.29 is 14.7 Å². The van der Waals surface area contributed by atoms with Gasteiger partial charge in [-0.25, -0.2) is 0 Å². The van der Waals surface area contributed by atoms with Crippen LogP contribution in [0.3, 0.4) is 0 Å². The van der Waals surface area contributed by atoms with E-state index in [4.69, 9.17) is 10.8 Å². The van der Waals surface area contributed by atoms with Crippen LogP contribution in [-0.2, 0) is 9.59 Å². The van der Waals surface area contributed by atoms with E-state index in [-0.39, 0.29) is 11.7 Å². The highest BCUT2D eigenvalue weighted by Crippen LogP contribution is 2.23. The molecular weight excluding hydrogens is 264 g/mol. The van der Waals surface area contributed by atoms with E-state index in [2.05, 4.69) is 0 Å². The summed E-state index contributed by atoms with van der Waals surface area (Å²) in [4.78, 5) is 24.7. The van der Waals surface area contributed by atoms with Crippen LogP contribution in [0.1, 0.15) is 39.0 Å². The number of amides is 1. The van der Waals surface area contributed by atoms with Crippen LogP contribution in [0.25, 0.3) is 0 Å². The highest BCUT2D eigenvalue weighted by molar-refractivity contribution is 8.00. The van der Waals surface area contributed by atoms with Crippen molar-refractivity contribution in [2.45, 2.75) is 51.1 Å². The molecule has 1 aliphatic rings. The molecule has 3 N–H and O–H groups in total. The van der Waals surface area contributed by atoms with Gasteiger partial charge in [-0.3, -0.25) is 9.59 Å². The minimum Gasteiger partial charge on any atom is -0.480 e. The molecule has 1 atom stereocenters. The number of carboxylic acid groups (broad SMARTS) is 1. The molecule has 0 unspecified atom stereocenters. The Morgan fingerprint density at radius 3 is 2.53 bits per heavy atom. The molecule has 110 valence electrons. The van der Waals surface area contributed by atoms with Crippen molar-refractivity contribution in [1.29, 1.82) is 0 Å². The van der Waals surface area contributed by atoms with Gasteiger partial charge in [0.15, 0.2) is 0 Å². The van der Waals surface area contributed by atoms with E-state index in [1.165, 1.54) is 31.0 Å². The number of nitrogens with zero attached hydrogens (tertiary/aromatic N) is 1. The highest BCUT2D eigenvalue weighted by Gasteiger charge is 2.24. The molecule has 0 saturated heterocycles. The summed E-state index contributed by atoms with van der Waals surface area (Å²) >= 11 is 1.31. The Morgan fingerprint density at radius 1 is 1.37 bits per heavy atom. The normalized spacial score (nSPS) is 18.0. The second-order valence-electron chi connectivity index (χ2n) is 4.93. The topological polar surface area (TPSA) is 83.6 Å². The Bertz CT molecular complexity index is 306. The average molecular weight is 288 g/mol. The smallest absolute Gasteiger partial charge is 0.321 e. The molecule has 1 fully saturated rings. The zero-order valence-corrected chi connectivity index (χ0v) is 12.3. The van der Waals surface area contributed by atoms with Crippen molar-refractivity contribution in [3.8, 4) is 0 Å². The summed E-state index contributed by atoms with van der Waals surface area (Å²) in [6, 6.07) is -0.512. The molecule has 0 bridgehead atoms. The lowest BCUT2D eigenvalue weighted by molar-refractivity contribution is -0.138. The minimum absolute atomic E-state index is 0.108. The molecule has 1 aliphatic carbocycles. The van der Waals surface area contributed by atoms with Crippen LogP contribution >= 0.6 is 11.8 Å². The van der Waals surface area contributed by atoms with Crippen molar-refractivity contribution in [3.63, 3.8) is 0 Å². The van der Waals surface area contributed by atoms with E-state index < -0.39 is 12.0 Å². The summed E-state index contributed by atoms with van der Waals surface area (Å²) in [7, 11) is 0. The van der Waals surface area contributed by atoms with Crippen molar-refractivity contribution in [2.24, 2.45) is 5.73 Å². The Kier molecular flexibility index (Phi) is 7.23. The van der Waals surface area contributed by atoms with Crippen LogP contribution in [0.2, 0.25) is 0 Å². The molecule has 0 aliphatic heterocycles. The first-order valence-electron chi connectivity index (χ1n) is 6.91. The lowest BCUT2D eigenvalue weighted by atomic mass is 9.94. The number of hydrogen-bond acceptors (Lipinski definition) is 4. The molecule has 1 amide bonds. The third-order valence-corrected chi connectivity index (χ3v) is 4.56. The van der Waals surface area contributed by atoms with Gasteiger partial charge in [0.2, 0.25) is 5.91 Å². The second-order valence-corrected chi connectivity index (χ2v) is 5.96. The monoisotopic (exact) mass is 288 g/mol. The molecule has 0 radical (unpaired) electrons. The fourth-order valence-electron chi connectivity index (χ4n) is 2.46. The van der Waals surface area contributed by atoms with Crippen LogP contribution in [-0.4, -0.2) is 52.0 Å². The summed E-state index contributed by atoms with van der Waals surface area (Å²) in [6.07, 6.45) is 5.86. The highest BCUT2D eigenvalue weighted by atomic mass is 32.2. The molecule has 1 saturated carbocycles. The van der Waals surface area contributed by atoms with E-state index in [1.807, 2.05) is 11.8 Å². The van der Waals surface area contributed by atoms with Gasteiger partial charge in [0.05, 0.1) is 5.75 Å². The van der Waals surface area contributed by atoms with E-state index in [0.717, 1.165) is 19.4 Å².